The van der Waals surface area contributed by atoms with Gasteiger partial charge in [0.1, 0.15) is 12.0 Å². The fourth-order valence-corrected chi connectivity index (χ4v) is 3.89. The Labute approximate surface area is 156 Å². The second-order valence-corrected chi connectivity index (χ2v) is 8.22. The molecule has 2 heterocycles. The van der Waals surface area contributed by atoms with Crippen LogP contribution < -0.4 is 14.8 Å². The van der Waals surface area contributed by atoms with E-state index in [0.29, 0.717) is 11.3 Å². The minimum Gasteiger partial charge on any atom is -0.478 e. The number of aryl methyl sites for hydroxylation is 2. The topological polar surface area (TPSA) is 128 Å². The molecule has 0 fully saturated rings. The highest BCUT2D eigenvalue weighted by Crippen LogP contribution is 2.35. The van der Waals surface area contributed by atoms with Crippen molar-refractivity contribution in [3.63, 3.8) is 0 Å². The number of aromatic nitrogens is 1. The van der Waals surface area contributed by atoms with Gasteiger partial charge in [-0.05, 0) is 24.5 Å². The highest BCUT2D eigenvalue weighted by atomic mass is 32.2. The maximum absolute atomic E-state index is 12.7. The summed E-state index contributed by atoms with van der Waals surface area (Å²) in [4.78, 5) is 27.9. The lowest BCUT2D eigenvalue weighted by Gasteiger charge is -2.29. The minimum absolute atomic E-state index is 0.102. The molecule has 1 atom stereocenters. The Morgan fingerprint density at radius 3 is 2.59 bits per heavy atom. The fraction of sp³-hybridized carbons (Fsp3) is 0.353. The first-order chi connectivity index (χ1) is 12.6. The van der Waals surface area contributed by atoms with Gasteiger partial charge in [0.05, 0.1) is 10.6 Å². The Kier molecular flexibility index (Phi) is 4.68. The van der Waals surface area contributed by atoms with Crippen molar-refractivity contribution < 1.29 is 27.2 Å². The number of oxazole rings is 1. The maximum Gasteiger partial charge on any atom is 0.286 e. The van der Waals surface area contributed by atoms with Gasteiger partial charge in [-0.3, -0.25) is 9.59 Å². The second-order valence-electron chi connectivity index (χ2n) is 6.57. The van der Waals surface area contributed by atoms with E-state index in [0.717, 1.165) is 6.26 Å². The molecule has 0 aliphatic carbocycles. The van der Waals surface area contributed by atoms with Crippen LogP contribution in [0.1, 0.15) is 35.8 Å². The molecule has 0 saturated heterocycles. The van der Waals surface area contributed by atoms with Crippen molar-refractivity contribution in [2.24, 2.45) is 5.92 Å². The zero-order valence-corrected chi connectivity index (χ0v) is 16.0. The number of fused-ring (bicyclic) bond motifs is 1. The van der Waals surface area contributed by atoms with E-state index in [2.05, 4.69) is 10.3 Å². The third-order valence-corrected chi connectivity index (χ3v) is 5.49. The first-order valence-corrected chi connectivity index (χ1v) is 9.68. The van der Waals surface area contributed by atoms with Gasteiger partial charge in [0.2, 0.25) is 0 Å². The van der Waals surface area contributed by atoms with Crippen LogP contribution in [-0.2, 0) is 14.8 Å². The summed E-state index contributed by atoms with van der Waals surface area (Å²) in [5.41, 5.74) is 0.583. The number of sulfonamides is 1. The predicted octanol–water partition coefficient (Wildman–Crippen LogP) is 1.77. The van der Waals surface area contributed by atoms with E-state index >= 15 is 0 Å². The van der Waals surface area contributed by atoms with Crippen molar-refractivity contribution in [3.8, 4) is 5.75 Å². The molecule has 27 heavy (non-hydrogen) atoms. The van der Waals surface area contributed by atoms with Crippen molar-refractivity contribution in [2.75, 3.05) is 5.32 Å². The molecule has 2 aromatic rings. The van der Waals surface area contributed by atoms with E-state index in [1.807, 2.05) is 18.6 Å². The van der Waals surface area contributed by atoms with Crippen LogP contribution in [0.25, 0.3) is 0 Å². The molecule has 0 unspecified atom stereocenters. The molecule has 144 valence electrons. The number of anilines is 1. The van der Waals surface area contributed by atoms with E-state index in [-0.39, 0.29) is 34.1 Å². The monoisotopic (exact) mass is 393 g/mol. The molecule has 1 aromatic heterocycles. The van der Waals surface area contributed by atoms with Crippen molar-refractivity contribution in [2.45, 2.75) is 38.7 Å². The average Bonchev–Trinajstić information content (AvgIpc) is 2.99. The fourth-order valence-electron chi connectivity index (χ4n) is 2.68. The average molecular weight is 393 g/mol. The van der Waals surface area contributed by atoms with E-state index in [1.165, 1.54) is 19.1 Å². The number of carbonyl (C=O) groups is 2. The lowest BCUT2D eigenvalue weighted by Crippen LogP contribution is -2.40. The number of hydrogen-bond donors (Lipinski definition) is 2. The van der Waals surface area contributed by atoms with Crippen LogP contribution in [0.2, 0.25) is 0 Å². The maximum atomic E-state index is 12.7. The van der Waals surface area contributed by atoms with Crippen LogP contribution in [0.3, 0.4) is 0 Å². The number of amides is 2. The molecule has 2 amide bonds. The Morgan fingerprint density at radius 2 is 2.00 bits per heavy atom. The first kappa shape index (κ1) is 18.9. The Bertz CT molecular complexity index is 1030. The highest BCUT2D eigenvalue weighted by Gasteiger charge is 2.32. The minimum atomic E-state index is -4.19. The molecule has 0 spiro atoms. The van der Waals surface area contributed by atoms with Gasteiger partial charge in [-0.2, -0.15) is 0 Å². The number of ether oxygens (including phenoxy) is 1. The quantitative estimate of drug-likeness (QED) is 0.810. The number of nitrogens with one attached hydrogen (secondary N) is 2. The van der Waals surface area contributed by atoms with E-state index in [9.17, 15) is 18.0 Å². The lowest BCUT2D eigenvalue weighted by molar-refractivity contribution is -0.125. The van der Waals surface area contributed by atoms with E-state index < -0.39 is 22.0 Å². The SMILES string of the molecule is Cc1nc(C(=O)NS(=O)(=O)c2cc3c(cc2C)NC(=O)[C@@H](C(C)C)O3)co1. The van der Waals surface area contributed by atoms with E-state index in [4.69, 9.17) is 9.15 Å². The molecular weight excluding hydrogens is 374 g/mol. The van der Waals surface area contributed by atoms with Gasteiger partial charge in [-0.25, -0.2) is 18.1 Å². The van der Waals surface area contributed by atoms with Crippen LogP contribution in [-0.4, -0.2) is 31.3 Å². The number of benzene rings is 1. The Hall–Kier alpha value is -2.88. The van der Waals surface area contributed by atoms with Gasteiger partial charge in [-0.1, -0.05) is 13.8 Å². The summed E-state index contributed by atoms with van der Waals surface area (Å²) in [6.07, 6.45) is 0.342. The molecule has 10 heteroatoms. The Morgan fingerprint density at radius 1 is 1.30 bits per heavy atom. The van der Waals surface area contributed by atoms with Crippen LogP contribution >= 0.6 is 0 Å². The van der Waals surface area contributed by atoms with E-state index in [1.54, 1.807) is 6.92 Å². The van der Waals surface area contributed by atoms with Crippen LogP contribution in [0.4, 0.5) is 5.69 Å². The molecule has 0 saturated carbocycles. The largest absolute Gasteiger partial charge is 0.478 e. The second kappa shape index (κ2) is 6.69. The summed E-state index contributed by atoms with van der Waals surface area (Å²) < 4.78 is 37.9. The van der Waals surface area contributed by atoms with Crippen LogP contribution in [0.15, 0.2) is 27.7 Å². The summed E-state index contributed by atoms with van der Waals surface area (Å²) in [6, 6.07) is 2.78. The zero-order chi connectivity index (χ0) is 19.9. The molecule has 1 aliphatic heterocycles. The molecule has 3 rings (SSSR count). The van der Waals surface area contributed by atoms with Crippen molar-refractivity contribution in [3.05, 3.63) is 35.5 Å². The van der Waals surface area contributed by atoms with Crippen molar-refractivity contribution in [1.82, 2.24) is 9.71 Å². The molecule has 2 N–H and O–H groups in total. The molecular formula is C17H19N3O6S. The Balaban J connectivity index is 1.93. The summed E-state index contributed by atoms with van der Waals surface area (Å²) in [5, 5.41) is 2.71. The van der Waals surface area contributed by atoms with Crippen molar-refractivity contribution >= 4 is 27.5 Å². The number of carbonyl (C=O) groups excluding carboxylic acids is 2. The molecule has 1 aliphatic rings. The summed E-state index contributed by atoms with van der Waals surface area (Å²) in [5.74, 6) is -0.828. The standard InChI is InChI=1S/C17H19N3O6S/c1-8(2)15-17(22)19-11-5-9(3)14(6-13(11)26-15)27(23,24)20-16(21)12-7-25-10(4)18-12/h5-8,15H,1-4H3,(H,19,22)(H,20,21)/t15-/m1/s1. The molecule has 9 nitrogen and oxygen atoms in total. The van der Waals surface area contributed by atoms with Crippen molar-refractivity contribution in [1.29, 1.82) is 0 Å². The molecule has 1 aromatic carbocycles. The first-order valence-electron chi connectivity index (χ1n) is 8.20. The van der Waals surface area contributed by atoms with Gasteiger partial charge in [0.15, 0.2) is 17.7 Å². The van der Waals surface area contributed by atoms with Crippen LogP contribution in [0, 0.1) is 19.8 Å². The van der Waals surface area contributed by atoms with Gasteiger partial charge in [0, 0.05) is 13.0 Å². The number of hydrogen-bond acceptors (Lipinski definition) is 7. The molecule has 0 radical (unpaired) electrons. The van der Waals surface area contributed by atoms with Crippen LogP contribution in [0.5, 0.6) is 5.75 Å². The van der Waals surface area contributed by atoms with Gasteiger partial charge in [0.25, 0.3) is 21.8 Å². The van der Waals surface area contributed by atoms with Gasteiger partial charge < -0.3 is 14.5 Å². The highest BCUT2D eigenvalue weighted by molar-refractivity contribution is 7.90. The third kappa shape index (κ3) is 3.65. The number of nitrogens with zero attached hydrogens (tertiary/aromatic N) is 1. The zero-order valence-electron chi connectivity index (χ0n) is 15.2. The summed E-state index contributed by atoms with van der Waals surface area (Å²) >= 11 is 0. The smallest absolute Gasteiger partial charge is 0.286 e. The number of rotatable bonds is 4. The van der Waals surface area contributed by atoms with Gasteiger partial charge >= 0.3 is 0 Å². The lowest BCUT2D eigenvalue weighted by atomic mass is 10.0. The third-order valence-electron chi connectivity index (χ3n) is 4.02. The predicted molar refractivity (Wildman–Crippen MR) is 95.0 cm³/mol. The van der Waals surface area contributed by atoms with Gasteiger partial charge in [-0.15, -0.1) is 0 Å². The summed E-state index contributed by atoms with van der Waals surface area (Å²) in [7, 11) is -4.19. The molecule has 0 bridgehead atoms. The normalized spacial score (nSPS) is 16.5. The summed E-state index contributed by atoms with van der Waals surface area (Å²) in [6.45, 7) is 6.73.